The van der Waals surface area contributed by atoms with E-state index in [1.165, 1.54) is 0 Å². The Bertz CT molecular complexity index is 410. The van der Waals surface area contributed by atoms with E-state index in [0.717, 1.165) is 16.7 Å². The summed E-state index contributed by atoms with van der Waals surface area (Å²) in [4.78, 5) is 11.7. The molecule has 1 nitrogen and oxygen atoms in total. The average Bonchev–Trinajstić information content (AvgIpc) is 2.11. The number of aryl methyl sites for hydroxylation is 3. The van der Waals surface area contributed by atoms with Crippen LogP contribution in [0.25, 0.3) is 0 Å². The quantitative estimate of drug-likeness (QED) is 0.730. The van der Waals surface area contributed by atoms with Crippen LogP contribution >= 0.6 is 0 Å². The molecule has 0 atom stereocenters. The summed E-state index contributed by atoms with van der Waals surface area (Å²) in [6.45, 7) is 5.39. The van der Waals surface area contributed by atoms with Gasteiger partial charge in [0.05, 0.1) is 6.42 Å². The molecule has 0 aromatic heterocycles. The summed E-state index contributed by atoms with van der Waals surface area (Å²) >= 11 is 0. The van der Waals surface area contributed by atoms with Gasteiger partial charge in [-0.3, -0.25) is 4.79 Å². The van der Waals surface area contributed by atoms with Crippen molar-refractivity contribution in [1.82, 2.24) is 0 Å². The summed E-state index contributed by atoms with van der Waals surface area (Å²) < 4.78 is 36.1. The zero-order chi connectivity index (χ0) is 13.2. The highest BCUT2D eigenvalue weighted by atomic mass is 19.4. The molecule has 0 amide bonds. The van der Waals surface area contributed by atoms with Crippen LogP contribution in [0.2, 0.25) is 0 Å². The van der Waals surface area contributed by atoms with Crippen LogP contribution in [0.5, 0.6) is 0 Å². The van der Waals surface area contributed by atoms with Gasteiger partial charge in [-0.25, -0.2) is 0 Å². The lowest BCUT2D eigenvalue weighted by atomic mass is 9.94. The fourth-order valence-electron chi connectivity index (χ4n) is 2.00. The Kier molecular flexibility index (Phi) is 3.96. The third-order valence-corrected chi connectivity index (χ3v) is 2.59. The third-order valence-electron chi connectivity index (χ3n) is 2.59. The van der Waals surface area contributed by atoms with Gasteiger partial charge in [0, 0.05) is 12.0 Å². The number of rotatable bonds is 3. The highest BCUT2D eigenvalue weighted by molar-refractivity contribution is 5.98. The van der Waals surface area contributed by atoms with Gasteiger partial charge in [0.2, 0.25) is 0 Å². The van der Waals surface area contributed by atoms with E-state index in [1.807, 2.05) is 19.1 Å². The molecule has 0 N–H and O–H groups in total. The zero-order valence-corrected chi connectivity index (χ0v) is 10.1. The van der Waals surface area contributed by atoms with Gasteiger partial charge in [-0.1, -0.05) is 17.7 Å². The number of Topliss-reactive ketones (excluding diaryl/α,β-unsaturated/α-hetero) is 1. The summed E-state index contributed by atoms with van der Waals surface area (Å²) in [6, 6.07) is 3.63. The van der Waals surface area contributed by atoms with Crippen LogP contribution < -0.4 is 0 Å². The summed E-state index contributed by atoms with van der Waals surface area (Å²) in [7, 11) is 0. The van der Waals surface area contributed by atoms with E-state index in [9.17, 15) is 18.0 Å². The Morgan fingerprint density at radius 1 is 1.12 bits per heavy atom. The second-order valence-electron chi connectivity index (χ2n) is 4.31. The summed E-state index contributed by atoms with van der Waals surface area (Å²) in [5.74, 6) is -0.433. The van der Waals surface area contributed by atoms with Crippen molar-refractivity contribution in [2.24, 2.45) is 0 Å². The number of hydrogen-bond acceptors (Lipinski definition) is 1. The zero-order valence-electron chi connectivity index (χ0n) is 10.1. The van der Waals surface area contributed by atoms with Gasteiger partial charge in [-0.05, 0) is 31.9 Å². The van der Waals surface area contributed by atoms with E-state index in [-0.39, 0.29) is 0 Å². The first kappa shape index (κ1) is 13.7. The van der Waals surface area contributed by atoms with Crippen molar-refractivity contribution in [1.29, 1.82) is 0 Å². The molecule has 1 aromatic rings. The minimum atomic E-state index is -4.28. The van der Waals surface area contributed by atoms with Crippen molar-refractivity contribution in [2.45, 2.75) is 39.8 Å². The lowest BCUT2D eigenvalue weighted by Gasteiger charge is -2.11. The molecule has 0 aliphatic heterocycles. The number of alkyl halides is 3. The highest BCUT2D eigenvalue weighted by Crippen LogP contribution is 2.24. The number of halogens is 3. The summed E-state index contributed by atoms with van der Waals surface area (Å²) in [6.07, 6.45) is -5.81. The Labute approximate surface area is 98.6 Å². The molecular formula is C13H15F3O. The molecule has 0 heterocycles. The van der Waals surface area contributed by atoms with Gasteiger partial charge in [-0.15, -0.1) is 0 Å². The molecule has 1 rings (SSSR count). The SMILES string of the molecule is Cc1cc(C)c(C(=O)CCC(F)(F)F)c(C)c1. The molecule has 4 heteroatoms. The lowest BCUT2D eigenvalue weighted by molar-refractivity contribution is -0.133. The minimum absolute atomic E-state index is 0.430. The van der Waals surface area contributed by atoms with Gasteiger partial charge >= 0.3 is 6.18 Å². The third kappa shape index (κ3) is 3.88. The minimum Gasteiger partial charge on any atom is -0.294 e. The predicted molar refractivity (Wildman–Crippen MR) is 60.3 cm³/mol. The molecule has 0 saturated heterocycles. The van der Waals surface area contributed by atoms with Gasteiger partial charge in [0.1, 0.15) is 0 Å². The maximum atomic E-state index is 12.0. The predicted octanol–water partition coefficient (Wildman–Crippen LogP) is 4.14. The smallest absolute Gasteiger partial charge is 0.294 e. The van der Waals surface area contributed by atoms with Crippen LogP contribution in [-0.4, -0.2) is 12.0 Å². The van der Waals surface area contributed by atoms with Crippen LogP contribution in [-0.2, 0) is 0 Å². The van der Waals surface area contributed by atoms with Crippen molar-refractivity contribution in [3.63, 3.8) is 0 Å². The summed E-state index contributed by atoms with van der Waals surface area (Å²) in [5, 5.41) is 0. The van der Waals surface area contributed by atoms with E-state index in [2.05, 4.69) is 0 Å². The van der Waals surface area contributed by atoms with Crippen LogP contribution in [0.3, 0.4) is 0 Å². The molecule has 1 aromatic carbocycles. The molecule has 0 unspecified atom stereocenters. The van der Waals surface area contributed by atoms with E-state index < -0.39 is 24.8 Å². The van der Waals surface area contributed by atoms with Gasteiger partial charge < -0.3 is 0 Å². The van der Waals surface area contributed by atoms with Crippen LogP contribution in [0, 0.1) is 20.8 Å². The van der Waals surface area contributed by atoms with Crippen molar-refractivity contribution in [2.75, 3.05) is 0 Å². The molecular weight excluding hydrogens is 229 g/mol. The van der Waals surface area contributed by atoms with Crippen molar-refractivity contribution in [3.05, 3.63) is 34.4 Å². The number of ketones is 1. The second-order valence-corrected chi connectivity index (χ2v) is 4.31. The fourth-order valence-corrected chi connectivity index (χ4v) is 2.00. The largest absolute Gasteiger partial charge is 0.389 e. The first-order valence-electron chi connectivity index (χ1n) is 5.38. The first-order valence-corrected chi connectivity index (χ1v) is 5.38. The van der Waals surface area contributed by atoms with Crippen LogP contribution in [0.15, 0.2) is 12.1 Å². The molecule has 0 radical (unpaired) electrons. The maximum absolute atomic E-state index is 12.0. The number of carbonyl (C=O) groups excluding carboxylic acids is 1. The number of hydrogen-bond donors (Lipinski definition) is 0. The van der Waals surface area contributed by atoms with Crippen LogP contribution in [0.4, 0.5) is 13.2 Å². The Balaban J connectivity index is 2.90. The summed E-state index contributed by atoms with van der Waals surface area (Å²) in [5.41, 5.74) is 2.93. The molecule has 0 spiro atoms. The topological polar surface area (TPSA) is 17.1 Å². The molecule has 0 saturated carbocycles. The average molecular weight is 244 g/mol. The van der Waals surface area contributed by atoms with Crippen molar-refractivity contribution < 1.29 is 18.0 Å². The van der Waals surface area contributed by atoms with Gasteiger partial charge in [-0.2, -0.15) is 13.2 Å². The number of benzene rings is 1. The highest BCUT2D eigenvalue weighted by Gasteiger charge is 2.28. The Morgan fingerprint density at radius 2 is 1.59 bits per heavy atom. The van der Waals surface area contributed by atoms with Crippen LogP contribution in [0.1, 0.15) is 39.9 Å². The Hall–Kier alpha value is -1.32. The maximum Gasteiger partial charge on any atom is 0.389 e. The standard InChI is InChI=1S/C13H15F3O/c1-8-6-9(2)12(10(3)7-8)11(17)4-5-13(14,15)16/h6-7H,4-5H2,1-3H3. The van der Waals surface area contributed by atoms with Crippen molar-refractivity contribution >= 4 is 5.78 Å². The van der Waals surface area contributed by atoms with E-state index in [4.69, 9.17) is 0 Å². The normalized spacial score (nSPS) is 11.6. The molecule has 0 aliphatic rings. The molecule has 0 fully saturated rings. The second kappa shape index (κ2) is 4.90. The van der Waals surface area contributed by atoms with Crippen molar-refractivity contribution in [3.8, 4) is 0 Å². The molecule has 94 valence electrons. The molecule has 0 bridgehead atoms. The van der Waals surface area contributed by atoms with Gasteiger partial charge in [0.15, 0.2) is 5.78 Å². The van der Waals surface area contributed by atoms with E-state index in [1.54, 1.807) is 13.8 Å². The van der Waals surface area contributed by atoms with E-state index in [0.29, 0.717) is 5.56 Å². The first-order chi connectivity index (χ1) is 7.70. The van der Waals surface area contributed by atoms with Gasteiger partial charge in [0.25, 0.3) is 0 Å². The monoisotopic (exact) mass is 244 g/mol. The van der Waals surface area contributed by atoms with E-state index >= 15 is 0 Å². The number of carbonyl (C=O) groups is 1. The molecule has 17 heavy (non-hydrogen) atoms. The lowest BCUT2D eigenvalue weighted by Crippen LogP contribution is -2.12. The Morgan fingerprint density at radius 3 is 2.00 bits per heavy atom. The fraction of sp³-hybridized carbons (Fsp3) is 0.462. The molecule has 0 aliphatic carbocycles.